The minimum Gasteiger partial charge on any atom is -0.343 e. The minimum atomic E-state index is 0.357. The molecule has 0 spiro atoms. The number of amides is 1. The Morgan fingerprint density at radius 3 is 2.05 bits per heavy atom. The van der Waals surface area contributed by atoms with E-state index in [2.05, 4.69) is 38.2 Å². The van der Waals surface area contributed by atoms with Gasteiger partial charge in [-0.2, -0.15) is 0 Å². The van der Waals surface area contributed by atoms with E-state index in [1.165, 1.54) is 32.1 Å². The van der Waals surface area contributed by atoms with Crippen LogP contribution >= 0.6 is 0 Å². The summed E-state index contributed by atoms with van der Waals surface area (Å²) in [6.45, 7) is 6.54. The van der Waals surface area contributed by atoms with Gasteiger partial charge in [0.05, 0.1) is 0 Å². The monoisotopic (exact) mass is 305 g/mol. The molecule has 0 aliphatic carbocycles. The van der Waals surface area contributed by atoms with Crippen molar-refractivity contribution in [2.75, 3.05) is 13.1 Å². The summed E-state index contributed by atoms with van der Waals surface area (Å²) in [7, 11) is 0. The van der Waals surface area contributed by atoms with E-state index in [0.29, 0.717) is 5.91 Å². The molecule has 126 valence electrons. The highest BCUT2D eigenvalue weighted by molar-refractivity contribution is 5.76. The average molecular weight is 306 g/mol. The van der Waals surface area contributed by atoms with Gasteiger partial charge in [0.15, 0.2) is 0 Å². The number of nitrogens with zero attached hydrogens (tertiary/aromatic N) is 1. The van der Waals surface area contributed by atoms with E-state index in [-0.39, 0.29) is 0 Å². The summed E-state index contributed by atoms with van der Waals surface area (Å²) >= 11 is 0. The molecule has 1 amide bonds. The standard InChI is InChI=1S/C20H35NO/c1-19(2)15-11-9-7-5-3-4-6-8-10-12-16-20(22)21-17-13-14-18-21/h5-8,19H,3-4,9-18H2,1-2H3/b7-5-,8-6-. The van der Waals surface area contributed by atoms with Gasteiger partial charge in [0.2, 0.25) is 5.91 Å². The molecule has 0 radical (unpaired) electrons. The topological polar surface area (TPSA) is 20.3 Å². The first-order valence-corrected chi connectivity index (χ1v) is 9.28. The number of carbonyl (C=O) groups excluding carboxylic acids is 1. The van der Waals surface area contributed by atoms with E-state index < -0.39 is 0 Å². The minimum absolute atomic E-state index is 0.357. The van der Waals surface area contributed by atoms with Gasteiger partial charge in [-0.3, -0.25) is 4.79 Å². The van der Waals surface area contributed by atoms with Crippen molar-refractivity contribution in [3.05, 3.63) is 24.3 Å². The van der Waals surface area contributed by atoms with Gasteiger partial charge in [-0.15, -0.1) is 0 Å². The van der Waals surface area contributed by atoms with E-state index in [1.807, 2.05) is 4.90 Å². The van der Waals surface area contributed by atoms with Crippen LogP contribution in [0.25, 0.3) is 0 Å². The number of likely N-dealkylation sites (tertiary alicyclic amines) is 1. The SMILES string of the molecule is CC(C)CCC/C=C\CC/C=C\CCCC(=O)N1CCCC1. The highest BCUT2D eigenvalue weighted by Crippen LogP contribution is 2.11. The number of rotatable bonds is 11. The molecule has 0 aromatic heterocycles. The van der Waals surface area contributed by atoms with Crippen LogP contribution in [0.15, 0.2) is 24.3 Å². The van der Waals surface area contributed by atoms with Gasteiger partial charge in [-0.1, -0.05) is 44.6 Å². The second-order valence-corrected chi connectivity index (χ2v) is 6.83. The molecule has 0 unspecified atom stereocenters. The molecular weight excluding hydrogens is 270 g/mol. The van der Waals surface area contributed by atoms with E-state index >= 15 is 0 Å². The Hall–Kier alpha value is -1.05. The zero-order valence-electron chi connectivity index (χ0n) is 14.7. The van der Waals surface area contributed by atoms with Crippen LogP contribution < -0.4 is 0 Å². The van der Waals surface area contributed by atoms with Gasteiger partial charge in [0, 0.05) is 19.5 Å². The van der Waals surface area contributed by atoms with E-state index in [9.17, 15) is 4.79 Å². The largest absolute Gasteiger partial charge is 0.343 e. The Labute approximate surface area is 137 Å². The van der Waals surface area contributed by atoms with Gasteiger partial charge in [0.1, 0.15) is 0 Å². The van der Waals surface area contributed by atoms with Gasteiger partial charge in [-0.05, 0) is 57.3 Å². The predicted octanol–water partition coefficient (Wildman–Crippen LogP) is 5.50. The van der Waals surface area contributed by atoms with Crippen LogP contribution in [0.2, 0.25) is 0 Å². The first-order chi connectivity index (χ1) is 10.7. The van der Waals surface area contributed by atoms with Crippen molar-refractivity contribution in [1.29, 1.82) is 0 Å². The maximum Gasteiger partial charge on any atom is 0.222 e. The fourth-order valence-electron chi connectivity index (χ4n) is 2.80. The van der Waals surface area contributed by atoms with Crippen molar-refractivity contribution in [1.82, 2.24) is 4.90 Å². The summed E-state index contributed by atoms with van der Waals surface area (Å²) < 4.78 is 0. The quantitative estimate of drug-likeness (QED) is 0.365. The summed E-state index contributed by atoms with van der Waals surface area (Å²) in [5.74, 6) is 1.18. The molecule has 0 aromatic carbocycles. The van der Waals surface area contributed by atoms with Crippen LogP contribution in [-0.2, 0) is 4.79 Å². The van der Waals surface area contributed by atoms with E-state index in [4.69, 9.17) is 0 Å². The number of carbonyl (C=O) groups is 1. The van der Waals surface area contributed by atoms with E-state index in [0.717, 1.165) is 51.1 Å². The fraction of sp³-hybridized carbons (Fsp3) is 0.750. The van der Waals surface area contributed by atoms with Crippen LogP contribution in [0, 0.1) is 5.92 Å². The van der Waals surface area contributed by atoms with Crippen molar-refractivity contribution in [2.45, 2.75) is 78.1 Å². The molecule has 22 heavy (non-hydrogen) atoms. The third kappa shape index (κ3) is 9.81. The highest BCUT2D eigenvalue weighted by Gasteiger charge is 2.16. The molecule has 1 saturated heterocycles. The Morgan fingerprint density at radius 1 is 0.909 bits per heavy atom. The smallest absolute Gasteiger partial charge is 0.222 e. The van der Waals surface area contributed by atoms with Crippen LogP contribution in [0.5, 0.6) is 0 Å². The Bertz CT molecular complexity index is 338. The van der Waals surface area contributed by atoms with Crippen molar-refractivity contribution in [3.63, 3.8) is 0 Å². The van der Waals surface area contributed by atoms with Gasteiger partial charge in [0.25, 0.3) is 0 Å². The molecule has 0 bridgehead atoms. The Morgan fingerprint density at radius 2 is 1.45 bits per heavy atom. The third-order valence-corrected chi connectivity index (χ3v) is 4.21. The lowest BCUT2D eigenvalue weighted by Crippen LogP contribution is -2.27. The first-order valence-electron chi connectivity index (χ1n) is 9.28. The maximum atomic E-state index is 11.8. The molecule has 1 aliphatic rings. The Balaban J connectivity index is 1.89. The predicted molar refractivity (Wildman–Crippen MR) is 95.9 cm³/mol. The van der Waals surface area contributed by atoms with Crippen molar-refractivity contribution >= 4 is 5.91 Å². The summed E-state index contributed by atoms with van der Waals surface area (Å²) in [4.78, 5) is 13.9. The molecule has 2 nitrogen and oxygen atoms in total. The van der Waals surface area contributed by atoms with Crippen molar-refractivity contribution < 1.29 is 4.79 Å². The second kappa shape index (κ2) is 12.5. The summed E-state index contributed by atoms with van der Waals surface area (Å²) in [6.07, 6.45) is 20.4. The zero-order valence-corrected chi connectivity index (χ0v) is 14.7. The third-order valence-electron chi connectivity index (χ3n) is 4.21. The number of hydrogen-bond acceptors (Lipinski definition) is 1. The molecule has 1 fully saturated rings. The lowest BCUT2D eigenvalue weighted by molar-refractivity contribution is -0.130. The fourth-order valence-corrected chi connectivity index (χ4v) is 2.80. The van der Waals surface area contributed by atoms with Crippen molar-refractivity contribution in [3.8, 4) is 0 Å². The van der Waals surface area contributed by atoms with E-state index in [1.54, 1.807) is 0 Å². The van der Waals surface area contributed by atoms with Crippen LogP contribution in [-0.4, -0.2) is 23.9 Å². The van der Waals surface area contributed by atoms with Crippen molar-refractivity contribution in [2.24, 2.45) is 5.92 Å². The molecule has 0 aromatic rings. The molecule has 1 aliphatic heterocycles. The maximum absolute atomic E-state index is 11.8. The normalized spacial score (nSPS) is 15.7. The highest BCUT2D eigenvalue weighted by atomic mass is 16.2. The second-order valence-electron chi connectivity index (χ2n) is 6.83. The Kier molecular flexibility index (Phi) is 10.8. The molecule has 0 atom stereocenters. The molecule has 2 heteroatoms. The van der Waals surface area contributed by atoms with Crippen LogP contribution in [0.4, 0.5) is 0 Å². The van der Waals surface area contributed by atoms with Gasteiger partial charge in [-0.25, -0.2) is 0 Å². The number of unbranched alkanes of at least 4 members (excludes halogenated alkanes) is 3. The summed E-state index contributed by atoms with van der Waals surface area (Å²) in [6, 6.07) is 0. The lowest BCUT2D eigenvalue weighted by Gasteiger charge is -2.14. The summed E-state index contributed by atoms with van der Waals surface area (Å²) in [5, 5.41) is 0. The zero-order chi connectivity index (χ0) is 16.0. The molecular formula is C20H35NO. The van der Waals surface area contributed by atoms with Crippen LogP contribution in [0.1, 0.15) is 78.1 Å². The first kappa shape index (κ1) is 19.0. The molecule has 1 heterocycles. The van der Waals surface area contributed by atoms with Gasteiger partial charge >= 0.3 is 0 Å². The average Bonchev–Trinajstić information content (AvgIpc) is 3.02. The number of hydrogen-bond donors (Lipinski definition) is 0. The molecule has 1 rings (SSSR count). The molecule has 0 saturated carbocycles. The number of allylic oxidation sites excluding steroid dienone is 4. The van der Waals surface area contributed by atoms with Gasteiger partial charge < -0.3 is 4.90 Å². The lowest BCUT2D eigenvalue weighted by atomic mass is 10.1. The summed E-state index contributed by atoms with van der Waals surface area (Å²) in [5.41, 5.74) is 0. The van der Waals surface area contributed by atoms with Crippen LogP contribution in [0.3, 0.4) is 0 Å². The molecule has 0 N–H and O–H groups in total.